The lowest BCUT2D eigenvalue weighted by Gasteiger charge is -2.04. The number of aliphatic carboxylic acids is 1. The van der Waals surface area contributed by atoms with Crippen LogP contribution in [0.15, 0.2) is 12.3 Å². The topological polar surface area (TPSA) is 59.4 Å². The van der Waals surface area contributed by atoms with Crippen molar-refractivity contribution in [1.29, 1.82) is 0 Å². The van der Waals surface area contributed by atoms with Crippen LogP contribution in [0.25, 0.3) is 0 Å². The Hall–Kier alpha value is -1.29. The molecule has 0 aromatic carbocycles. The average Bonchev–Trinajstić information content (AvgIpc) is 2.08. The molecule has 1 aromatic heterocycles. The van der Waals surface area contributed by atoms with E-state index in [-0.39, 0.29) is 11.4 Å². The average molecular weight is 202 g/mol. The predicted octanol–water partition coefficient (Wildman–Crippen LogP) is 1.37. The van der Waals surface area contributed by atoms with Crippen molar-refractivity contribution in [2.45, 2.75) is 6.42 Å². The number of nitrogens with zero attached hydrogens (tertiary/aromatic N) is 1. The minimum Gasteiger partial charge on any atom is -0.495 e. The molecular formula is C8H8ClNO3. The third kappa shape index (κ3) is 2.32. The van der Waals surface area contributed by atoms with Gasteiger partial charge in [0.15, 0.2) is 0 Å². The molecule has 1 aromatic rings. The fraction of sp³-hybridized carbons (Fsp3) is 0.250. The highest BCUT2D eigenvalue weighted by atomic mass is 35.5. The third-order valence-corrected chi connectivity index (χ3v) is 1.87. The zero-order valence-corrected chi connectivity index (χ0v) is 7.71. The molecule has 13 heavy (non-hydrogen) atoms. The van der Waals surface area contributed by atoms with Crippen molar-refractivity contribution in [2.24, 2.45) is 0 Å². The number of methoxy groups -OCH3 is 1. The van der Waals surface area contributed by atoms with E-state index in [9.17, 15) is 4.79 Å². The molecule has 0 saturated heterocycles. The molecule has 0 atom stereocenters. The van der Waals surface area contributed by atoms with Gasteiger partial charge in [-0.2, -0.15) is 0 Å². The number of carboxylic acid groups (broad SMARTS) is 1. The molecule has 1 heterocycles. The fourth-order valence-corrected chi connectivity index (χ4v) is 1.15. The van der Waals surface area contributed by atoms with Gasteiger partial charge in [-0.3, -0.25) is 9.78 Å². The SMILES string of the molecule is COc1ccnc(CC(=O)O)c1Cl. The van der Waals surface area contributed by atoms with Crippen LogP contribution in [-0.2, 0) is 11.2 Å². The number of carbonyl (C=O) groups is 1. The molecule has 0 saturated carbocycles. The van der Waals surface area contributed by atoms with Crippen molar-refractivity contribution in [3.63, 3.8) is 0 Å². The van der Waals surface area contributed by atoms with Gasteiger partial charge in [0.05, 0.1) is 19.2 Å². The van der Waals surface area contributed by atoms with Crippen LogP contribution in [-0.4, -0.2) is 23.2 Å². The van der Waals surface area contributed by atoms with E-state index in [4.69, 9.17) is 21.4 Å². The second-order valence-corrected chi connectivity index (χ2v) is 2.72. The van der Waals surface area contributed by atoms with E-state index in [1.165, 1.54) is 13.3 Å². The monoisotopic (exact) mass is 201 g/mol. The number of hydrogen-bond donors (Lipinski definition) is 1. The lowest BCUT2D eigenvalue weighted by Crippen LogP contribution is -2.03. The number of ether oxygens (including phenoxy) is 1. The minimum absolute atomic E-state index is 0.198. The van der Waals surface area contributed by atoms with E-state index >= 15 is 0 Å². The molecule has 0 bridgehead atoms. The first kappa shape index (κ1) is 9.80. The number of aromatic nitrogens is 1. The summed E-state index contributed by atoms with van der Waals surface area (Å²) in [5.41, 5.74) is 0.313. The third-order valence-electron chi connectivity index (χ3n) is 1.46. The van der Waals surface area contributed by atoms with Crippen LogP contribution < -0.4 is 4.74 Å². The largest absolute Gasteiger partial charge is 0.495 e. The summed E-state index contributed by atoms with van der Waals surface area (Å²) in [6.07, 6.45) is 1.26. The Bertz CT molecular complexity index is 327. The number of rotatable bonds is 3. The van der Waals surface area contributed by atoms with Gasteiger partial charge < -0.3 is 9.84 Å². The van der Waals surface area contributed by atoms with Gasteiger partial charge >= 0.3 is 5.97 Å². The van der Waals surface area contributed by atoms with Crippen LogP contribution in [0, 0.1) is 0 Å². The van der Waals surface area contributed by atoms with Crippen LogP contribution >= 0.6 is 11.6 Å². The second-order valence-electron chi connectivity index (χ2n) is 2.34. The maximum atomic E-state index is 10.4. The van der Waals surface area contributed by atoms with Gasteiger partial charge in [0.2, 0.25) is 0 Å². The summed E-state index contributed by atoms with van der Waals surface area (Å²) in [6, 6.07) is 1.58. The maximum absolute atomic E-state index is 10.4. The molecule has 5 heteroatoms. The lowest BCUT2D eigenvalue weighted by molar-refractivity contribution is -0.136. The van der Waals surface area contributed by atoms with Crippen molar-refractivity contribution in [3.05, 3.63) is 23.0 Å². The molecule has 0 aliphatic rings. The molecule has 1 rings (SSSR count). The predicted molar refractivity (Wildman–Crippen MR) is 47.1 cm³/mol. The quantitative estimate of drug-likeness (QED) is 0.803. The molecule has 0 fully saturated rings. The first-order chi connectivity index (χ1) is 6.15. The molecule has 0 aliphatic heterocycles. The molecular weight excluding hydrogens is 194 g/mol. The van der Waals surface area contributed by atoms with Gasteiger partial charge in [-0.25, -0.2) is 0 Å². The highest BCUT2D eigenvalue weighted by Gasteiger charge is 2.10. The van der Waals surface area contributed by atoms with E-state index in [0.29, 0.717) is 11.4 Å². The highest BCUT2D eigenvalue weighted by molar-refractivity contribution is 6.32. The second kappa shape index (κ2) is 4.09. The van der Waals surface area contributed by atoms with E-state index in [2.05, 4.69) is 4.98 Å². The summed E-state index contributed by atoms with van der Waals surface area (Å²) in [5.74, 6) is -0.532. The summed E-state index contributed by atoms with van der Waals surface area (Å²) < 4.78 is 4.90. The molecule has 0 radical (unpaired) electrons. The van der Waals surface area contributed by atoms with E-state index in [1.54, 1.807) is 6.07 Å². The lowest BCUT2D eigenvalue weighted by atomic mass is 10.2. The van der Waals surface area contributed by atoms with E-state index in [1.807, 2.05) is 0 Å². The first-order valence-electron chi connectivity index (χ1n) is 3.54. The molecule has 0 amide bonds. The summed E-state index contributed by atoms with van der Waals surface area (Å²) in [4.78, 5) is 14.2. The van der Waals surface area contributed by atoms with Gasteiger partial charge in [0.1, 0.15) is 10.8 Å². The van der Waals surface area contributed by atoms with Crippen molar-refractivity contribution in [2.75, 3.05) is 7.11 Å². The van der Waals surface area contributed by atoms with E-state index < -0.39 is 5.97 Å². The summed E-state index contributed by atoms with van der Waals surface area (Å²) in [6.45, 7) is 0. The fourth-order valence-electron chi connectivity index (χ4n) is 0.891. The highest BCUT2D eigenvalue weighted by Crippen LogP contribution is 2.26. The van der Waals surface area contributed by atoms with Crippen LogP contribution in [0.4, 0.5) is 0 Å². The summed E-state index contributed by atoms with van der Waals surface area (Å²) in [7, 11) is 1.46. The van der Waals surface area contributed by atoms with Crippen LogP contribution in [0.1, 0.15) is 5.69 Å². The zero-order valence-electron chi connectivity index (χ0n) is 6.95. The standard InChI is InChI=1S/C8H8ClNO3/c1-13-6-2-3-10-5(8(6)9)4-7(11)12/h2-3H,4H2,1H3,(H,11,12). The molecule has 0 unspecified atom stereocenters. The van der Waals surface area contributed by atoms with Crippen LogP contribution in [0.5, 0.6) is 5.75 Å². The van der Waals surface area contributed by atoms with Gasteiger partial charge in [-0.1, -0.05) is 11.6 Å². The normalized spacial score (nSPS) is 9.69. The van der Waals surface area contributed by atoms with Gasteiger partial charge in [-0.05, 0) is 0 Å². The Morgan fingerprint density at radius 2 is 2.46 bits per heavy atom. The van der Waals surface area contributed by atoms with E-state index in [0.717, 1.165) is 0 Å². The number of hydrogen-bond acceptors (Lipinski definition) is 3. The Kier molecular flexibility index (Phi) is 3.08. The Labute approximate surface area is 80.1 Å². The smallest absolute Gasteiger partial charge is 0.309 e. The minimum atomic E-state index is -0.970. The van der Waals surface area contributed by atoms with Crippen molar-refractivity contribution in [1.82, 2.24) is 4.98 Å². The molecule has 70 valence electrons. The molecule has 0 aliphatic carbocycles. The van der Waals surface area contributed by atoms with Crippen LogP contribution in [0.2, 0.25) is 5.02 Å². The molecule has 4 nitrogen and oxygen atoms in total. The Balaban J connectivity index is 3.01. The van der Waals surface area contributed by atoms with Crippen molar-refractivity contribution >= 4 is 17.6 Å². The summed E-state index contributed by atoms with van der Waals surface area (Å²) in [5, 5.41) is 8.77. The maximum Gasteiger partial charge on any atom is 0.309 e. The zero-order chi connectivity index (χ0) is 9.84. The van der Waals surface area contributed by atoms with Gasteiger partial charge in [0, 0.05) is 12.3 Å². The van der Waals surface area contributed by atoms with Crippen LogP contribution in [0.3, 0.4) is 0 Å². The Morgan fingerprint density at radius 3 is 3.00 bits per heavy atom. The number of halogens is 1. The van der Waals surface area contributed by atoms with Gasteiger partial charge in [-0.15, -0.1) is 0 Å². The van der Waals surface area contributed by atoms with Crippen molar-refractivity contribution in [3.8, 4) is 5.75 Å². The first-order valence-corrected chi connectivity index (χ1v) is 3.92. The molecule has 0 spiro atoms. The van der Waals surface area contributed by atoms with Gasteiger partial charge in [0.25, 0.3) is 0 Å². The Morgan fingerprint density at radius 1 is 1.77 bits per heavy atom. The van der Waals surface area contributed by atoms with Crippen molar-refractivity contribution < 1.29 is 14.6 Å². The number of carboxylic acids is 1. The number of pyridine rings is 1. The molecule has 1 N–H and O–H groups in total. The summed E-state index contributed by atoms with van der Waals surface area (Å²) >= 11 is 5.80.